The highest BCUT2D eigenvalue weighted by Crippen LogP contribution is 2.41. The maximum absolute atomic E-state index is 13.3. The fourth-order valence-corrected chi connectivity index (χ4v) is 5.26. The molecule has 0 spiro atoms. The van der Waals surface area contributed by atoms with Gasteiger partial charge in [0.2, 0.25) is 5.91 Å². The smallest absolute Gasteiger partial charge is 0.252 e. The van der Waals surface area contributed by atoms with Crippen LogP contribution in [0, 0.1) is 11.0 Å². The maximum atomic E-state index is 13.3. The average Bonchev–Trinajstić information content (AvgIpc) is 3.43. The van der Waals surface area contributed by atoms with Crippen molar-refractivity contribution in [2.75, 3.05) is 18.5 Å². The molecule has 1 saturated carbocycles. The standard InChI is InChI=1S/C19H21ClFN3O3S2/c20-13-10-24(17(25)8-15(13)28-12-1-2-12)14(7-11-3-5-27-6-4-11)18(26)23-19-22-9-16(21)29-19/h8-12,14H,1-7H2,(H,22,23,26). The molecule has 1 amide bonds. The second-order valence-corrected chi connectivity index (χ2v) is 10.0. The summed E-state index contributed by atoms with van der Waals surface area (Å²) in [7, 11) is 0. The van der Waals surface area contributed by atoms with Gasteiger partial charge < -0.3 is 14.6 Å². The molecule has 0 bridgehead atoms. The van der Waals surface area contributed by atoms with Crippen molar-refractivity contribution in [3.05, 3.63) is 39.0 Å². The van der Waals surface area contributed by atoms with Crippen LogP contribution in [0.4, 0.5) is 9.52 Å². The van der Waals surface area contributed by atoms with Gasteiger partial charge in [0, 0.05) is 35.6 Å². The summed E-state index contributed by atoms with van der Waals surface area (Å²) < 4.78 is 20.1. The van der Waals surface area contributed by atoms with Crippen molar-refractivity contribution in [2.45, 2.75) is 48.3 Å². The van der Waals surface area contributed by atoms with E-state index in [1.54, 1.807) is 18.0 Å². The van der Waals surface area contributed by atoms with Gasteiger partial charge in [-0.15, -0.1) is 11.8 Å². The van der Waals surface area contributed by atoms with Crippen molar-refractivity contribution in [3.8, 4) is 0 Å². The highest BCUT2D eigenvalue weighted by molar-refractivity contribution is 8.00. The molecule has 1 saturated heterocycles. The molecular formula is C19H21ClFN3O3S2. The van der Waals surface area contributed by atoms with E-state index in [0.29, 0.717) is 29.9 Å². The molecule has 156 valence electrons. The lowest BCUT2D eigenvalue weighted by Gasteiger charge is -2.27. The molecule has 2 aliphatic rings. The predicted molar refractivity (Wildman–Crippen MR) is 112 cm³/mol. The number of halogens is 2. The minimum atomic E-state index is -0.755. The van der Waals surface area contributed by atoms with E-state index in [0.717, 1.165) is 48.1 Å². The number of hydrogen-bond acceptors (Lipinski definition) is 6. The van der Waals surface area contributed by atoms with Crippen LogP contribution in [-0.2, 0) is 9.53 Å². The lowest BCUT2D eigenvalue weighted by Crippen LogP contribution is -2.35. The van der Waals surface area contributed by atoms with Gasteiger partial charge in [0.25, 0.3) is 5.56 Å². The third kappa shape index (κ3) is 5.39. The number of anilines is 1. The molecule has 1 atom stereocenters. The van der Waals surface area contributed by atoms with Crippen LogP contribution in [0.5, 0.6) is 0 Å². The maximum Gasteiger partial charge on any atom is 0.252 e. The van der Waals surface area contributed by atoms with E-state index in [4.69, 9.17) is 16.3 Å². The van der Waals surface area contributed by atoms with E-state index in [9.17, 15) is 14.0 Å². The van der Waals surface area contributed by atoms with Gasteiger partial charge in [0.05, 0.1) is 11.2 Å². The van der Waals surface area contributed by atoms with Gasteiger partial charge in [-0.25, -0.2) is 4.98 Å². The number of pyridine rings is 1. The van der Waals surface area contributed by atoms with E-state index in [2.05, 4.69) is 10.3 Å². The Kier molecular flexibility index (Phi) is 6.58. The number of carbonyl (C=O) groups is 1. The molecule has 0 aromatic carbocycles. The first kappa shape index (κ1) is 20.8. The molecule has 1 unspecified atom stereocenters. The number of thioether (sulfide) groups is 1. The van der Waals surface area contributed by atoms with Crippen LogP contribution in [0.1, 0.15) is 38.1 Å². The molecule has 6 nitrogen and oxygen atoms in total. The Bertz CT molecular complexity index is 941. The van der Waals surface area contributed by atoms with E-state index in [-0.39, 0.29) is 16.6 Å². The van der Waals surface area contributed by atoms with Crippen molar-refractivity contribution in [3.63, 3.8) is 0 Å². The summed E-state index contributed by atoms with van der Waals surface area (Å²) in [4.78, 5) is 30.5. The van der Waals surface area contributed by atoms with Crippen molar-refractivity contribution in [2.24, 2.45) is 5.92 Å². The number of nitrogens with zero attached hydrogens (tertiary/aromatic N) is 2. The summed E-state index contributed by atoms with van der Waals surface area (Å²) in [6.45, 7) is 1.28. The monoisotopic (exact) mass is 457 g/mol. The Hall–Kier alpha value is -1.42. The zero-order chi connectivity index (χ0) is 20.4. The number of amides is 1. The Morgan fingerprint density at radius 1 is 1.41 bits per heavy atom. The van der Waals surface area contributed by atoms with Crippen LogP contribution in [-0.4, -0.2) is 33.9 Å². The van der Waals surface area contributed by atoms with Gasteiger partial charge in [0.15, 0.2) is 10.3 Å². The molecule has 29 heavy (non-hydrogen) atoms. The van der Waals surface area contributed by atoms with Gasteiger partial charge in [-0.3, -0.25) is 9.59 Å². The Balaban J connectivity index is 1.60. The van der Waals surface area contributed by atoms with Gasteiger partial charge in [-0.2, -0.15) is 4.39 Å². The summed E-state index contributed by atoms with van der Waals surface area (Å²) in [6, 6.07) is 0.758. The summed E-state index contributed by atoms with van der Waals surface area (Å²) in [6.07, 6.45) is 7.00. The van der Waals surface area contributed by atoms with Gasteiger partial charge >= 0.3 is 0 Å². The van der Waals surface area contributed by atoms with Crippen molar-refractivity contribution >= 4 is 45.7 Å². The predicted octanol–water partition coefficient (Wildman–Crippen LogP) is 4.35. The summed E-state index contributed by atoms with van der Waals surface area (Å²) in [5.41, 5.74) is -0.268. The fourth-order valence-electron chi connectivity index (χ4n) is 3.35. The van der Waals surface area contributed by atoms with E-state index < -0.39 is 17.1 Å². The number of nitrogens with one attached hydrogen (secondary N) is 1. The van der Waals surface area contributed by atoms with E-state index in [1.165, 1.54) is 10.6 Å². The normalized spacial score (nSPS) is 18.6. The minimum absolute atomic E-state index is 0.171. The average molecular weight is 458 g/mol. The zero-order valence-corrected chi connectivity index (χ0v) is 18.0. The third-order valence-corrected chi connectivity index (χ3v) is 7.57. The number of rotatable bonds is 7. The van der Waals surface area contributed by atoms with Crippen LogP contribution in [0.2, 0.25) is 5.02 Å². The zero-order valence-electron chi connectivity index (χ0n) is 15.6. The molecule has 3 heterocycles. The molecule has 1 aliphatic heterocycles. The Morgan fingerprint density at radius 2 is 2.17 bits per heavy atom. The molecule has 2 aromatic rings. The first-order valence-corrected chi connectivity index (χ1v) is 11.7. The van der Waals surface area contributed by atoms with Crippen LogP contribution < -0.4 is 10.9 Å². The third-order valence-electron chi connectivity index (χ3n) is 5.06. The quantitative estimate of drug-likeness (QED) is 0.669. The number of aromatic nitrogens is 2. The molecule has 1 N–H and O–H groups in total. The van der Waals surface area contributed by atoms with Crippen molar-refractivity contribution in [1.29, 1.82) is 0 Å². The lowest BCUT2D eigenvalue weighted by atomic mass is 9.92. The first-order valence-electron chi connectivity index (χ1n) is 9.58. The molecule has 2 aromatic heterocycles. The highest BCUT2D eigenvalue weighted by Gasteiger charge is 2.29. The SMILES string of the molecule is O=C(Nc1ncc(F)s1)C(CC1CCOCC1)n1cc(Cl)c(SC2CC2)cc1=O. The Morgan fingerprint density at radius 3 is 2.83 bits per heavy atom. The van der Waals surface area contributed by atoms with Crippen molar-refractivity contribution < 1.29 is 13.9 Å². The van der Waals surface area contributed by atoms with Crippen LogP contribution in [0.25, 0.3) is 0 Å². The minimum Gasteiger partial charge on any atom is -0.381 e. The number of thiazole rings is 1. The highest BCUT2D eigenvalue weighted by atomic mass is 35.5. The van der Waals surface area contributed by atoms with Crippen LogP contribution in [0.3, 0.4) is 0 Å². The molecule has 0 radical (unpaired) electrons. The lowest BCUT2D eigenvalue weighted by molar-refractivity contribution is -0.120. The second kappa shape index (κ2) is 9.16. The van der Waals surface area contributed by atoms with E-state index >= 15 is 0 Å². The molecule has 4 rings (SSSR count). The first-order chi connectivity index (χ1) is 14.0. The van der Waals surface area contributed by atoms with Gasteiger partial charge in [-0.1, -0.05) is 22.9 Å². The number of ether oxygens (including phenoxy) is 1. The second-order valence-electron chi connectivity index (χ2n) is 7.31. The van der Waals surface area contributed by atoms with E-state index in [1.807, 2.05) is 0 Å². The van der Waals surface area contributed by atoms with Gasteiger partial charge in [0.1, 0.15) is 6.04 Å². The number of hydrogen-bond donors (Lipinski definition) is 1. The largest absolute Gasteiger partial charge is 0.381 e. The Labute approximate surface area is 180 Å². The molecule has 10 heteroatoms. The van der Waals surface area contributed by atoms with Gasteiger partial charge in [-0.05, 0) is 38.0 Å². The molecule has 2 fully saturated rings. The fraction of sp³-hybridized carbons (Fsp3) is 0.526. The summed E-state index contributed by atoms with van der Waals surface area (Å²) in [5, 5.41) is 3.31. The summed E-state index contributed by atoms with van der Waals surface area (Å²) in [5.74, 6) is -0.148. The molecule has 1 aliphatic carbocycles. The molecular weight excluding hydrogens is 437 g/mol. The summed E-state index contributed by atoms with van der Waals surface area (Å²) >= 11 is 8.80. The van der Waals surface area contributed by atoms with Crippen LogP contribution in [0.15, 0.2) is 28.2 Å². The van der Waals surface area contributed by atoms with Crippen LogP contribution >= 0.6 is 34.7 Å². The number of carbonyl (C=O) groups excluding carboxylic acids is 1. The topological polar surface area (TPSA) is 73.2 Å². The van der Waals surface area contributed by atoms with Crippen molar-refractivity contribution in [1.82, 2.24) is 9.55 Å².